The molecule has 3 aromatic rings. The van der Waals surface area contributed by atoms with Crippen LogP contribution in [-0.4, -0.2) is 31.1 Å². The Kier molecular flexibility index (Phi) is 5.61. The molecular formula is C23H24N4O2. The van der Waals surface area contributed by atoms with Crippen molar-refractivity contribution in [1.82, 2.24) is 4.98 Å². The largest absolute Gasteiger partial charge is 0.495 e. The highest BCUT2D eigenvalue weighted by atomic mass is 16.5. The molecule has 1 aromatic heterocycles. The SMILES string of the molecule is COc1ccccc1Nc1ccc(C(=O)Nc2ccc(N3CCCC3)cc2)nc1. The second-order valence-corrected chi connectivity index (χ2v) is 6.95. The Hall–Kier alpha value is -3.54. The van der Waals surface area contributed by atoms with Crippen LogP contribution < -0.4 is 20.3 Å². The van der Waals surface area contributed by atoms with Crippen LogP contribution in [0.5, 0.6) is 5.75 Å². The third-order valence-corrected chi connectivity index (χ3v) is 4.98. The molecule has 0 radical (unpaired) electrons. The van der Waals surface area contributed by atoms with Gasteiger partial charge in [-0.05, 0) is 61.4 Å². The Morgan fingerprint density at radius 1 is 0.966 bits per heavy atom. The number of nitrogens with one attached hydrogen (secondary N) is 2. The van der Waals surface area contributed by atoms with Crippen LogP contribution in [0.15, 0.2) is 66.9 Å². The normalized spacial score (nSPS) is 13.2. The second-order valence-electron chi connectivity index (χ2n) is 6.95. The number of carbonyl (C=O) groups excluding carboxylic acids is 1. The lowest BCUT2D eigenvalue weighted by Crippen LogP contribution is -2.17. The van der Waals surface area contributed by atoms with E-state index in [4.69, 9.17) is 4.74 Å². The summed E-state index contributed by atoms with van der Waals surface area (Å²) in [7, 11) is 1.63. The third-order valence-electron chi connectivity index (χ3n) is 4.98. The van der Waals surface area contributed by atoms with Crippen LogP contribution in [0, 0.1) is 0 Å². The van der Waals surface area contributed by atoms with E-state index in [1.165, 1.54) is 18.5 Å². The van der Waals surface area contributed by atoms with E-state index >= 15 is 0 Å². The molecule has 2 heterocycles. The van der Waals surface area contributed by atoms with E-state index in [1.54, 1.807) is 19.4 Å². The summed E-state index contributed by atoms with van der Waals surface area (Å²) in [6, 6.07) is 19.1. The van der Waals surface area contributed by atoms with Crippen LogP contribution in [-0.2, 0) is 0 Å². The monoisotopic (exact) mass is 388 g/mol. The van der Waals surface area contributed by atoms with Crippen molar-refractivity contribution in [1.29, 1.82) is 0 Å². The van der Waals surface area contributed by atoms with E-state index < -0.39 is 0 Å². The molecule has 0 atom stereocenters. The molecule has 0 bridgehead atoms. The Balaban J connectivity index is 1.39. The molecule has 2 aromatic carbocycles. The highest BCUT2D eigenvalue weighted by Crippen LogP contribution is 2.27. The van der Waals surface area contributed by atoms with Crippen molar-refractivity contribution in [3.05, 3.63) is 72.6 Å². The summed E-state index contributed by atoms with van der Waals surface area (Å²) in [4.78, 5) is 19.1. The van der Waals surface area contributed by atoms with Gasteiger partial charge in [0.1, 0.15) is 11.4 Å². The zero-order chi connectivity index (χ0) is 20.1. The third kappa shape index (κ3) is 4.48. The molecule has 1 saturated heterocycles. The van der Waals surface area contributed by atoms with Gasteiger partial charge in [-0.15, -0.1) is 0 Å². The number of aromatic nitrogens is 1. The number of hydrogen-bond acceptors (Lipinski definition) is 5. The fraction of sp³-hybridized carbons (Fsp3) is 0.217. The highest BCUT2D eigenvalue weighted by molar-refractivity contribution is 6.03. The molecule has 29 heavy (non-hydrogen) atoms. The minimum absolute atomic E-state index is 0.234. The number of rotatable bonds is 6. The van der Waals surface area contributed by atoms with Gasteiger partial charge in [-0.3, -0.25) is 4.79 Å². The van der Waals surface area contributed by atoms with Crippen LogP contribution in [0.3, 0.4) is 0 Å². The first-order chi connectivity index (χ1) is 14.2. The van der Waals surface area contributed by atoms with E-state index in [2.05, 4.69) is 32.7 Å². The molecule has 0 saturated carbocycles. The molecule has 1 aliphatic rings. The van der Waals surface area contributed by atoms with Crippen molar-refractivity contribution in [2.24, 2.45) is 0 Å². The molecule has 0 aliphatic carbocycles. The molecule has 2 N–H and O–H groups in total. The molecular weight excluding hydrogens is 364 g/mol. The molecule has 0 spiro atoms. The Morgan fingerprint density at radius 3 is 2.38 bits per heavy atom. The first-order valence-electron chi connectivity index (χ1n) is 9.75. The maximum absolute atomic E-state index is 12.5. The summed E-state index contributed by atoms with van der Waals surface area (Å²) in [6.07, 6.45) is 4.12. The van der Waals surface area contributed by atoms with E-state index in [1.807, 2.05) is 42.5 Å². The Morgan fingerprint density at radius 2 is 1.69 bits per heavy atom. The fourth-order valence-electron chi connectivity index (χ4n) is 3.43. The van der Waals surface area contributed by atoms with Gasteiger partial charge in [-0.1, -0.05) is 12.1 Å². The van der Waals surface area contributed by atoms with Gasteiger partial charge in [0.15, 0.2) is 0 Å². The molecule has 1 aliphatic heterocycles. The molecule has 148 valence electrons. The predicted octanol–water partition coefficient (Wildman–Crippen LogP) is 4.69. The van der Waals surface area contributed by atoms with Crippen molar-refractivity contribution in [3.63, 3.8) is 0 Å². The molecule has 6 nitrogen and oxygen atoms in total. The molecule has 0 unspecified atom stereocenters. The van der Waals surface area contributed by atoms with E-state index in [0.717, 1.165) is 35.9 Å². The number of benzene rings is 2. The zero-order valence-corrected chi connectivity index (χ0v) is 16.4. The molecule has 1 amide bonds. The minimum atomic E-state index is -0.234. The van der Waals surface area contributed by atoms with Gasteiger partial charge in [0.25, 0.3) is 5.91 Å². The summed E-state index contributed by atoms with van der Waals surface area (Å²) >= 11 is 0. The lowest BCUT2D eigenvalue weighted by molar-refractivity contribution is 0.102. The van der Waals surface area contributed by atoms with Gasteiger partial charge in [0.2, 0.25) is 0 Å². The Bertz CT molecular complexity index is 965. The maximum atomic E-state index is 12.5. The van der Waals surface area contributed by atoms with Crippen molar-refractivity contribution >= 4 is 28.7 Å². The summed E-state index contributed by atoms with van der Waals surface area (Å²) in [5.74, 6) is 0.509. The standard InChI is InChI=1S/C23H24N4O2/c1-29-22-7-3-2-6-20(22)25-18-10-13-21(24-16-18)23(28)26-17-8-11-19(12-9-17)27-14-4-5-15-27/h2-3,6-13,16,25H,4-5,14-15H2,1H3,(H,26,28). The van der Waals surface area contributed by atoms with Gasteiger partial charge in [-0.2, -0.15) is 0 Å². The number of hydrogen-bond donors (Lipinski definition) is 2. The van der Waals surface area contributed by atoms with Gasteiger partial charge in [0.05, 0.1) is 24.7 Å². The lowest BCUT2D eigenvalue weighted by Gasteiger charge is -2.17. The van der Waals surface area contributed by atoms with Crippen LogP contribution in [0.1, 0.15) is 23.3 Å². The second kappa shape index (κ2) is 8.65. The number of amides is 1. The minimum Gasteiger partial charge on any atom is -0.495 e. The number of para-hydroxylation sites is 2. The van der Waals surface area contributed by atoms with E-state index in [-0.39, 0.29) is 5.91 Å². The topological polar surface area (TPSA) is 66.5 Å². The van der Waals surface area contributed by atoms with Crippen molar-refractivity contribution in [2.45, 2.75) is 12.8 Å². The average molecular weight is 388 g/mol. The van der Waals surface area contributed by atoms with Crippen LogP contribution in [0.2, 0.25) is 0 Å². The summed E-state index contributed by atoms with van der Waals surface area (Å²) in [5, 5.41) is 6.15. The zero-order valence-electron chi connectivity index (χ0n) is 16.4. The number of anilines is 4. The van der Waals surface area contributed by atoms with Gasteiger partial charge in [-0.25, -0.2) is 4.98 Å². The predicted molar refractivity (Wildman–Crippen MR) is 116 cm³/mol. The van der Waals surface area contributed by atoms with Crippen molar-refractivity contribution < 1.29 is 9.53 Å². The van der Waals surface area contributed by atoms with Crippen LogP contribution in [0.25, 0.3) is 0 Å². The number of methoxy groups -OCH3 is 1. The first kappa shape index (κ1) is 18.8. The van der Waals surface area contributed by atoms with Gasteiger partial charge in [0, 0.05) is 24.5 Å². The highest BCUT2D eigenvalue weighted by Gasteiger charge is 2.13. The van der Waals surface area contributed by atoms with Gasteiger partial charge < -0.3 is 20.3 Å². The number of nitrogens with zero attached hydrogens (tertiary/aromatic N) is 2. The molecule has 6 heteroatoms. The summed E-state index contributed by atoms with van der Waals surface area (Å²) in [5.41, 5.74) is 3.94. The maximum Gasteiger partial charge on any atom is 0.274 e. The Labute approximate surface area is 170 Å². The molecule has 1 fully saturated rings. The van der Waals surface area contributed by atoms with Gasteiger partial charge >= 0.3 is 0 Å². The summed E-state index contributed by atoms with van der Waals surface area (Å²) < 4.78 is 5.34. The number of carbonyl (C=O) groups is 1. The number of pyridine rings is 1. The smallest absolute Gasteiger partial charge is 0.274 e. The quantitative estimate of drug-likeness (QED) is 0.641. The van der Waals surface area contributed by atoms with Crippen LogP contribution >= 0.6 is 0 Å². The van der Waals surface area contributed by atoms with E-state index in [9.17, 15) is 4.79 Å². The molecule has 4 rings (SSSR count). The first-order valence-corrected chi connectivity index (χ1v) is 9.75. The average Bonchev–Trinajstić information content (AvgIpc) is 3.30. The van der Waals surface area contributed by atoms with E-state index in [0.29, 0.717) is 5.69 Å². The fourth-order valence-corrected chi connectivity index (χ4v) is 3.43. The number of ether oxygens (including phenoxy) is 1. The lowest BCUT2D eigenvalue weighted by atomic mass is 10.2. The van der Waals surface area contributed by atoms with Crippen molar-refractivity contribution in [2.75, 3.05) is 35.7 Å². The summed E-state index contributed by atoms with van der Waals surface area (Å²) in [6.45, 7) is 2.20. The van der Waals surface area contributed by atoms with Crippen molar-refractivity contribution in [3.8, 4) is 5.75 Å². The van der Waals surface area contributed by atoms with Crippen LogP contribution in [0.4, 0.5) is 22.7 Å².